The minimum Gasteiger partial charge on any atom is -0.408 e. The summed E-state index contributed by atoms with van der Waals surface area (Å²) in [6.07, 6.45) is 3.80. The Kier molecular flexibility index (Phi) is 3.89. The lowest BCUT2D eigenvalue weighted by Crippen LogP contribution is -2.33. The van der Waals surface area contributed by atoms with Crippen molar-refractivity contribution >= 4 is 11.1 Å². The quantitative estimate of drug-likeness (QED) is 0.921. The molecule has 1 saturated heterocycles. The zero-order valence-corrected chi connectivity index (χ0v) is 11.5. The molecule has 0 unspecified atom stereocenters. The molecule has 1 aliphatic heterocycles. The smallest absolute Gasteiger partial charge is 0.408 e. The van der Waals surface area contributed by atoms with Crippen molar-refractivity contribution in [2.75, 3.05) is 19.6 Å². The Morgan fingerprint density at radius 2 is 1.95 bits per heavy atom. The summed E-state index contributed by atoms with van der Waals surface area (Å²) < 4.78 is 6.92. The van der Waals surface area contributed by atoms with Gasteiger partial charge < -0.3 is 14.4 Å². The van der Waals surface area contributed by atoms with Gasteiger partial charge in [0, 0.05) is 13.1 Å². The van der Waals surface area contributed by atoms with E-state index in [9.17, 15) is 9.90 Å². The molecule has 0 radical (unpaired) electrons. The van der Waals surface area contributed by atoms with Crippen LogP contribution in [0.1, 0.15) is 24.8 Å². The topological polar surface area (TPSA) is 58.6 Å². The average Bonchev–Trinajstić information content (AvgIpc) is 2.80. The lowest BCUT2D eigenvalue weighted by molar-refractivity contribution is 0.219. The predicted molar refractivity (Wildman–Crippen MR) is 76.7 cm³/mol. The average molecular weight is 276 g/mol. The van der Waals surface area contributed by atoms with Crippen molar-refractivity contribution in [1.82, 2.24) is 9.47 Å². The normalized spacial score (nSPS) is 16.9. The molecule has 1 aromatic heterocycles. The van der Waals surface area contributed by atoms with E-state index in [4.69, 9.17) is 4.42 Å². The number of fused-ring (bicyclic) bond motifs is 1. The summed E-state index contributed by atoms with van der Waals surface area (Å²) >= 11 is 0. The summed E-state index contributed by atoms with van der Waals surface area (Å²) in [4.78, 5) is 14.3. The van der Waals surface area contributed by atoms with E-state index in [0.29, 0.717) is 12.1 Å². The van der Waals surface area contributed by atoms with Crippen LogP contribution in [-0.4, -0.2) is 34.2 Å². The number of benzene rings is 1. The Hall–Kier alpha value is -1.59. The first kappa shape index (κ1) is 13.4. The monoisotopic (exact) mass is 276 g/mol. The van der Waals surface area contributed by atoms with E-state index in [-0.39, 0.29) is 12.4 Å². The second-order valence-electron chi connectivity index (χ2n) is 5.38. The van der Waals surface area contributed by atoms with Gasteiger partial charge in [-0.2, -0.15) is 0 Å². The maximum absolute atomic E-state index is 11.9. The third kappa shape index (κ3) is 2.64. The number of aliphatic hydroxyl groups excluding tert-OH is 1. The van der Waals surface area contributed by atoms with Crippen LogP contribution in [0, 0.1) is 0 Å². The first-order valence-electron chi connectivity index (χ1n) is 7.23. The first-order chi connectivity index (χ1) is 9.78. The minimum atomic E-state index is -0.313. The van der Waals surface area contributed by atoms with Crippen molar-refractivity contribution in [3.63, 3.8) is 0 Å². The summed E-state index contributed by atoms with van der Waals surface area (Å²) in [5.41, 5.74) is 2.16. The number of piperidine rings is 1. The van der Waals surface area contributed by atoms with Crippen LogP contribution in [0.3, 0.4) is 0 Å². The number of nitrogens with zero attached hydrogens (tertiary/aromatic N) is 2. The SMILES string of the molecule is O=c1oc2ccc(CO)cc2n1CCN1CCCCC1. The highest BCUT2D eigenvalue weighted by atomic mass is 16.4. The molecule has 0 bridgehead atoms. The first-order valence-corrected chi connectivity index (χ1v) is 7.23. The van der Waals surface area contributed by atoms with Gasteiger partial charge in [0.15, 0.2) is 5.58 Å². The molecule has 1 aromatic carbocycles. The van der Waals surface area contributed by atoms with Gasteiger partial charge in [0.2, 0.25) is 0 Å². The summed E-state index contributed by atoms with van der Waals surface area (Å²) in [5, 5.41) is 9.20. The molecule has 1 N–H and O–H groups in total. The van der Waals surface area contributed by atoms with Gasteiger partial charge in [-0.15, -0.1) is 0 Å². The van der Waals surface area contributed by atoms with Crippen LogP contribution < -0.4 is 5.76 Å². The molecule has 0 atom stereocenters. The van der Waals surface area contributed by atoms with E-state index in [2.05, 4.69) is 4.90 Å². The molecule has 5 nitrogen and oxygen atoms in total. The molecule has 0 spiro atoms. The zero-order chi connectivity index (χ0) is 13.9. The van der Waals surface area contributed by atoms with Crippen LogP contribution in [0.15, 0.2) is 27.4 Å². The van der Waals surface area contributed by atoms with Crippen LogP contribution in [0.25, 0.3) is 11.1 Å². The molecule has 2 aromatic rings. The lowest BCUT2D eigenvalue weighted by Gasteiger charge is -2.26. The predicted octanol–water partition coefficient (Wildman–Crippen LogP) is 1.57. The van der Waals surface area contributed by atoms with E-state index >= 15 is 0 Å². The number of hydrogen-bond acceptors (Lipinski definition) is 4. The van der Waals surface area contributed by atoms with Crippen LogP contribution in [0.2, 0.25) is 0 Å². The Morgan fingerprint density at radius 3 is 2.70 bits per heavy atom. The van der Waals surface area contributed by atoms with Crippen molar-refractivity contribution in [3.05, 3.63) is 34.3 Å². The Labute approximate surface area is 117 Å². The highest BCUT2D eigenvalue weighted by Crippen LogP contribution is 2.16. The van der Waals surface area contributed by atoms with Gasteiger partial charge in [-0.3, -0.25) is 4.57 Å². The molecule has 108 valence electrons. The summed E-state index contributed by atoms with van der Waals surface area (Å²) in [6.45, 7) is 3.72. The van der Waals surface area contributed by atoms with E-state index in [1.54, 1.807) is 16.7 Å². The molecule has 1 fully saturated rings. The zero-order valence-electron chi connectivity index (χ0n) is 11.5. The fourth-order valence-electron chi connectivity index (χ4n) is 2.84. The van der Waals surface area contributed by atoms with Gasteiger partial charge in [-0.25, -0.2) is 4.79 Å². The molecular formula is C15H20N2O3. The van der Waals surface area contributed by atoms with Gasteiger partial charge >= 0.3 is 5.76 Å². The van der Waals surface area contributed by atoms with Gasteiger partial charge in [-0.05, 0) is 43.6 Å². The van der Waals surface area contributed by atoms with Gasteiger partial charge in [0.05, 0.1) is 12.1 Å². The Morgan fingerprint density at radius 1 is 1.15 bits per heavy atom. The minimum absolute atomic E-state index is 0.0264. The van der Waals surface area contributed by atoms with Gasteiger partial charge in [-0.1, -0.05) is 12.5 Å². The lowest BCUT2D eigenvalue weighted by atomic mass is 10.1. The van der Waals surface area contributed by atoms with Crippen molar-refractivity contribution in [2.24, 2.45) is 0 Å². The van der Waals surface area contributed by atoms with Crippen LogP contribution >= 0.6 is 0 Å². The fraction of sp³-hybridized carbons (Fsp3) is 0.533. The standard InChI is InChI=1S/C15H20N2O3/c18-11-12-4-5-14-13(10-12)17(15(19)20-14)9-8-16-6-2-1-3-7-16/h4-5,10,18H,1-3,6-9,11H2. The third-order valence-corrected chi connectivity index (χ3v) is 4.00. The van der Waals surface area contributed by atoms with Crippen LogP contribution in [0.5, 0.6) is 0 Å². The number of likely N-dealkylation sites (tertiary alicyclic amines) is 1. The summed E-state index contributed by atoms with van der Waals surface area (Å²) in [6, 6.07) is 5.36. The number of hydrogen-bond donors (Lipinski definition) is 1. The maximum Gasteiger partial charge on any atom is 0.419 e. The second-order valence-corrected chi connectivity index (χ2v) is 5.38. The number of aromatic nitrogens is 1. The second kappa shape index (κ2) is 5.81. The maximum atomic E-state index is 11.9. The van der Waals surface area contributed by atoms with Crippen molar-refractivity contribution in [2.45, 2.75) is 32.4 Å². The highest BCUT2D eigenvalue weighted by Gasteiger charge is 2.13. The molecule has 0 amide bonds. The molecule has 1 aliphatic rings. The van der Waals surface area contributed by atoms with E-state index in [0.717, 1.165) is 30.7 Å². The van der Waals surface area contributed by atoms with Crippen molar-refractivity contribution in [3.8, 4) is 0 Å². The van der Waals surface area contributed by atoms with Crippen LogP contribution in [-0.2, 0) is 13.2 Å². The van der Waals surface area contributed by atoms with Gasteiger partial charge in [0.25, 0.3) is 0 Å². The largest absolute Gasteiger partial charge is 0.419 e. The molecule has 3 rings (SSSR count). The molecule has 20 heavy (non-hydrogen) atoms. The molecule has 5 heteroatoms. The molecule has 2 heterocycles. The Balaban J connectivity index is 1.82. The van der Waals surface area contributed by atoms with Gasteiger partial charge in [0.1, 0.15) is 0 Å². The number of rotatable bonds is 4. The number of aliphatic hydroxyl groups is 1. The summed E-state index contributed by atoms with van der Waals surface area (Å²) in [5.74, 6) is -0.313. The molecule has 0 aliphatic carbocycles. The van der Waals surface area contributed by atoms with Crippen molar-refractivity contribution in [1.29, 1.82) is 0 Å². The fourth-order valence-corrected chi connectivity index (χ4v) is 2.84. The number of oxazole rings is 1. The van der Waals surface area contributed by atoms with Crippen molar-refractivity contribution < 1.29 is 9.52 Å². The highest BCUT2D eigenvalue weighted by molar-refractivity contribution is 5.73. The third-order valence-electron chi connectivity index (χ3n) is 4.00. The Bertz CT molecular complexity index is 638. The summed E-state index contributed by atoms with van der Waals surface area (Å²) in [7, 11) is 0. The van der Waals surface area contributed by atoms with E-state index < -0.39 is 0 Å². The van der Waals surface area contributed by atoms with Crippen LogP contribution in [0.4, 0.5) is 0 Å². The molecule has 0 saturated carbocycles. The molecular weight excluding hydrogens is 256 g/mol. The van der Waals surface area contributed by atoms with E-state index in [1.165, 1.54) is 19.3 Å². The van der Waals surface area contributed by atoms with E-state index in [1.807, 2.05) is 6.07 Å².